The number of hydrogen-bond donors (Lipinski definition) is 2. The Kier molecular flexibility index (Phi) is 4.20. The summed E-state index contributed by atoms with van der Waals surface area (Å²) in [5.74, 6) is -1.07. The molecule has 2 rings (SSSR count). The monoisotopic (exact) mass is 325 g/mol. The van der Waals surface area contributed by atoms with Crippen LogP contribution >= 0.6 is 11.6 Å². The quantitative estimate of drug-likeness (QED) is 0.904. The molecule has 0 heterocycles. The van der Waals surface area contributed by atoms with E-state index in [2.05, 4.69) is 4.72 Å². The van der Waals surface area contributed by atoms with Gasteiger partial charge in [-0.05, 0) is 55.0 Å². The standard InChI is InChI=1S/C14H12ClNO4S/c1-9-8-12(6-7-13(9)15)21(19,20)16-11-4-2-10(3-5-11)14(17)18/h2-8,16H,1H3,(H,17,18). The van der Waals surface area contributed by atoms with Gasteiger partial charge >= 0.3 is 5.97 Å². The number of hydrogen-bond acceptors (Lipinski definition) is 3. The maximum Gasteiger partial charge on any atom is 0.335 e. The Labute approximate surface area is 127 Å². The molecule has 0 aliphatic heterocycles. The van der Waals surface area contributed by atoms with Crippen molar-refractivity contribution in [3.05, 3.63) is 58.6 Å². The Hall–Kier alpha value is -2.05. The third-order valence-corrected chi connectivity index (χ3v) is 4.63. The first-order valence-corrected chi connectivity index (χ1v) is 7.78. The Morgan fingerprint density at radius 3 is 2.29 bits per heavy atom. The van der Waals surface area contributed by atoms with E-state index in [1.807, 2.05) is 0 Å². The van der Waals surface area contributed by atoms with Gasteiger partial charge in [0.15, 0.2) is 0 Å². The molecule has 0 radical (unpaired) electrons. The predicted molar refractivity (Wildman–Crippen MR) is 80.4 cm³/mol. The molecule has 0 bridgehead atoms. The summed E-state index contributed by atoms with van der Waals surface area (Å²) in [6, 6.07) is 9.83. The second-order valence-electron chi connectivity index (χ2n) is 4.40. The number of anilines is 1. The molecule has 110 valence electrons. The van der Waals surface area contributed by atoms with E-state index in [1.54, 1.807) is 6.92 Å². The largest absolute Gasteiger partial charge is 0.478 e. The fraction of sp³-hybridized carbons (Fsp3) is 0.0714. The van der Waals surface area contributed by atoms with Crippen molar-refractivity contribution in [1.82, 2.24) is 0 Å². The van der Waals surface area contributed by atoms with Gasteiger partial charge in [-0.25, -0.2) is 13.2 Å². The summed E-state index contributed by atoms with van der Waals surface area (Å²) in [5.41, 5.74) is 1.02. The number of benzene rings is 2. The number of halogens is 1. The van der Waals surface area contributed by atoms with Crippen LogP contribution in [0.1, 0.15) is 15.9 Å². The van der Waals surface area contributed by atoms with Crippen molar-refractivity contribution in [3.8, 4) is 0 Å². The van der Waals surface area contributed by atoms with Crippen molar-refractivity contribution in [3.63, 3.8) is 0 Å². The van der Waals surface area contributed by atoms with Gasteiger partial charge in [0.05, 0.1) is 10.5 Å². The molecule has 2 N–H and O–H groups in total. The van der Waals surface area contributed by atoms with Crippen LogP contribution < -0.4 is 4.72 Å². The third-order valence-electron chi connectivity index (χ3n) is 2.82. The topological polar surface area (TPSA) is 83.5 Å². The highest BCUT2D eigenvalue weighted by atomic mass is 35.5. The van der Waals surface area contributed by atoms with Crippen LogP contribution in [0, 0.1) is 6.92 Å². The zero-order valence-electron chi connectivity index (χ0n) is 11.0. The lowest BCUT2D eigenvalue weighted by atomic mass is 10.2. The van der Waals surface area contributed by atoms with Crippen LogP contribution in [-0.2, 0) is 10.0 Å². The van der Waals surface area contributed by atoms with Crippen molar-refractivity contribution < 1.29 is 18.3 Å². The number of sulfonamides is 1. The van der Waals surface area contributed by atoms with Gasteiger partial charge in [-0.3, -0.25) is 4.72 Å². The summed E-state index contributed by atoms with van der Waals surface area (Å²) in [5, 5.41) is 9.28. The summed E-state index contributed by atoms with van der Waals surface area (Å²) < 4.78 is 26.8. The molecule has 7 heteroatoms. The minimum Gasteiger partial charge on any atom is -0.478 e. The molecule has 5 nitrogen and oxygen atoms in total. The highest BCUT2D eigenvalue weighted by Gasteiger charge is 2.15. The maximum absolute atomic E-state index is 12.2. The van der Waals surface area contributed by atoms with E-state index < -0.39 is 16.0 Å². The molecular weight excluding hydrogens is 314 g/mol. The van der Waals surface area contributed by atoms with Gasteiger partial charge in [0, 0.05) is 10.7 Å². The fourth-order valence-electron chi connectivity index (χ4n) is 1.68. The average molecular weight is 326 g/mol. The summed E-state index contributed by atoms with van der Waals surface area (Å²) in [6.07, 6.45) is 0. The molecule has 0 fully saturated rings. The second-order valence-corrected chi connectivity index (χ2v) is 6.49. The van der Waals surface area contributed by atoms with E-state index in [4.69, 9.17) is 16.7 Å². The van der Waals surface area contributed by atoms with Crippen molar-refractivity contribution in [2.75, 3.05) is 4.72 Å². The lowest BCUT2D eigenvalue weighted by Gasteiger charge is -2.09. The summed E-state index contributed by atoms with van der Waals surface area (Å²) in [7, 11) is -3.74. The molecule has 0 aliphatic carbocycles. The summed E-state index contributed by atoms with van der Waals surface area (Å²) >= 11 is 5.87. The second kappa shape index (κ2) is 5.75. The molecule has 2 aromatic rings. The number of nitrogens with one attached hydrogen (secondary N) is 1. The van der Waals surface area contributed by atoms with Gasteiger partial charge in [0.25, 0.3) is 10.0 Å². The predicted octanol–water partition coefficient (Wildman–Crippen LogP) is 3.15. The van der Waals surface area contributed by atoms with Crippen molar-refractivity contribution in [2.45, 2.75) is 11.8 Å². The van der Waals surface area contributed by atoms with E-state index in [9.17, 15) is 13.2 Å². The van der Waals surface area contributed by atoms with E-state index in [-0.39, 0.29) is 16.1 Å². The average Bonchev–Trinajstić information content (AvgIpc) is 2.42. The smallest absolute Gasteiger partial charge is 0.335 e. The highest BCUT2D eigenvalue weighted by molar-refractivity contribution is 7.92. The molecule has 0 saturated carbocycles. The van der Waals surface area contributed by atoms with Crippen LogP contribution in [0.4, 0.5) is 5.69 Å². The van der Waals surface area contributed by atoms with Gasteiger partial charge in [0.2, 0.25) is 0 Å². The number of rotatable bonds is 4. The molecule has 0 unspecified atom stereocenters. The molecule has 0 amide bonds. The van der Waals surface area contributed by atoms with Crippen LogP contribution in [0.5, 0.6) is 0 Å². The van der Waals surface area contributed by atoms with Gasteiger partial charge in [0.1, 0.15) is 0 Å². The highest BCUT2D eigenvalue weighted by Crippen LogP contribution is 2.21. The first-order chi connectivity index (χ1) is 9.79. The first-order valence-electron chi connectivity index (χ1n) is 5.92. The Morgan fingerprint density at radius 2 is 1.76 bits per heavy atom. The molecule has 0 atom stereocenters. The first kappa shape index (κ1) is 15.3. The van der Waals surface area contributed by atoms with Crippen molar-refractivity contribution in [1.29, 1.82) is 0 Å². The van der Waals surface area contributed by atoms with Gasteiger partial charge in [-0.2, -0.15) is 0 Å². The molecule has 0 aromatic heterocycles. The normalized spacial score (nSPS) is 11.1. The van der Waals surface area contributed by atoms with Crippen LogP contribution in [0.3, 0.4) is 0 Å². The molecule has 0 aliphatic rings. The zero-order valence-corrected chi connectivity index (χ0v) is 12.6. The molecule has 2 aromatic carbocycles. The lowest BCUT2D eigenvalue weighted by Crippen LogP contribution is -2.13. The molecular formula is C14H12ClNO4S. The Morgan fingerprint density at radius 1 is 1.14 bits per heavy atom. The van der Waals surface area contributed by atoms with Crippen molar-refractivity contribution in [2.24, 2.45) is 0 Å². The van der Waals surface area contributed by atoms with Crippen LogP contribution in [-0.4, -0.2) is 19.5 Å². The number of carbonyl (C=O) groups is 1. The number of carboxylic acid groups (broad SMARTS) is 1. The fourth-order valence-corrected chi connectivity index (χ4v) is 2.94. The van der Waals surface area contributed by atoms with E-state index in [0.717, 1.165) is 0 Å². The van der Waals surface area contributed by atoms with Gasteiger partial charge in [-0.1, -0.05) is 11.6 Å². The molecule has 0 saturated heterocycles. The van der Waals surface area contributed by atoms with E-state index in [1.165, 1.54) is 42.5 Å². The van der Waals surface area contributed by atoms with Crippen molar-refractivity contribution >= 4 is 33.3 Å². The van der Waals surface area contributed by atoms with Crippen LogP contribution in [0.2, 0.25) is 5.02 Å². The lowest BCUT2D eigenvalue weighted by molar-refractivity contribution is 0.0697. The minimum atomic E-state index is -3.74. The van der Waals surface area contributed by atoms with Crippen LogP contribution in [0.15, 0.2) is 47.4 Å². The maximum atomic E-state index is 12.2. The van der Waals surface area contributed by atoms with Crippen LogP contribution in [0.25, 0.3) is 0 Å². The van der Waals surface area contributed by atoms with E-state index >= 15 is 0 Å². The summed E-state index contributed by atoms with van der Waals surface area (Å²) in [4.78, 5) is 10.8. The minimum absolute atomic E-state index is 0.0836. The third kappa shape index (κ3) is 3.53. The molecule has 0 spiro atoms. The number of aryl methyl sites for hydroxylation is 1. The van der Waals surface area contributed by atoms with Gasteiger partial charge < -0.3 is 5.11 Å². The SMILES string of the molecule is Cc1cc(S(=O)(=O)Nc2ccc(C(=O)O)cc2)ccc1Cl. The number of aromatic carboxylic acids is 1. The Balaban J connectivity index is 2.28. The summed E-state index contributed by atoms with van der Waals surface area (Å²) in [6.45, 7) is 1.71. The van der Waals surface area contributed by atoms with E-state index in [0.29, 0.717) is 10.6 Å². The number of carboxylic acids is 1. The van der Waals surface area contributed by atoms with Gasteiger partial charge in [-0.15, -0.1) is 0 Å². The molecule has 21 heavy (non-hydrogen) atoms. The Bertz CT molecular complexity index is 785. The zero-order chi connectivity index (χ0) is 15.6.